The summed E-state index contributed by atoms with van der Waals surface area (Å²) in [6.07, 6.45) is 3.61. The second kappa shape index (κ2) is 4.44. The van der Waals surface area contributed by atoms with Crippen LogP contribution in [0.1, 0.15) is 31.7 Å². The van der Waals surface area contributed by atoms with E-state index < -0.39 is 0 Å². The Hall–Kier alpha value is -1.70. The summed E-state index contributed by atoms with van der Waals surface area (Å²) in [4.78, 5) is 2.17. The zero-order valence-electron chi connectivity index (χ0n) is 9.61. The van der Waals surface area contributed by atoms with Gasteiger partial charge in [-0.15, -0.1) is 0 Å². The number of aromatic nitrogens is 2. The summed E-state index contributed by atoms with van der Waals surface area (Å²) < 4.78 is 1.70. The summed E-state index contributed by atoms with van der Waals surface area (Å²) in [6.45, 7) is 4.64. The third kappa shape index (κ3) is 1.71. The van der Waals surface area contributed by atoms with E-state index in [-0.39, 0.29) is 0 Å². The van der Waals surface area contributed by atoms with Gasteiger partial charge in [0.15, 0.2) is 5.82 Å². The van der Waals surface area contributed by atoms with Crippen LogP contribution in [0.25, 0.3) is 0 Å². The van der Waals surface area contributed by atoms with Crippen LogP contribution in [0.15, 0.2) is 0 Å². The molecule has 0 atom stereocenters. The zero-order chi connectivity index (χ0) is 11.5. The molecule has 0 saturated carbocycles. The maximum atomic E-state index is 9.13. The fourth-order valence-corrected chi connectivity index (χ4v) is 2.14. The first-order valence-electron chi connectivity index (χ1n) is 5.79. The van der Waals surface area contributed by atoms with E-state index in [4.69, 9.17) is 11.0 Å². The molecule has 1 fully saturated rings. The predicted molar refractivity (Wildman–Crippen MR) is 63.1 cm³/mol. The van der Waals surface area contributed by atoms with E-state index in [0.29, 0.717) is 17.9 Å². The van der Waals surface area contributed by atoms with Crippen LogP contribution in [0.2, 0.25) is 0 Å². The molecule has 5 heteroatoms. The second-order valence-corrected chi connectivity index (χ2v) is 4.06. The summed E-state index contributed by atoms with van der Waals surface area (Å²) >= 11 is 0. The molecule has 86 valence electrons. The van der Waals surface area contributed by atoms with Gasteiger partial charge in [-0.3, -0.25) is 0 Å². The van der Waals surface area contributed by atoms with Crippen LogP contribution in [0.4, 0.5) is 11.6 Å². The topological polar surface area (TPSA) is 70.9 Å². The number of nitrogen functional groups attached to an aromatic ring is 1. The third-order valence-electron chi connectivity index (χ3n) is 3.04. The minimum atomic E-state index is 0.491. The van der Waals surface area contributed by atoms with Crippen LogP contribution in [0.5, 0.6) is 0 Å². The zero-order valence-corrected chi connectivity index (χ0v) is 9.61. The molecule has 1 aliphatic heterocycles. The first-order valence-corrected chi connectivity index (χ1v) is 5.79. The average molecular weight is 219 g/mol. The van der Waals surface area contributed by atoms with Crippen molar-refractivity contribution in [3.63, 3.8) is 0 Å². The summed E-state index contributed by atoms with van der Waals surface area (Å²) in [6, 6.07) is 2.17. The Balaban J connectivity index is 2.35. The number of nitrogens with two attached hydrogens (primary N) is 1. The van der Waals surface area contributed by atoms with Gasteiger partial charge in [0, 0.05) is 19.6 Å². The van der Waals surface area contributed by atoms with E-state index in [2.05, 4.69) is 16.1 Å². The Labute approximate surface area is 95.4 Å². The van der Waals surface area contributed by atoms with Crippen LogP contribution in [0.3, 0.4) is 0 Å². The standard InChI is InChI=1S/C11H17N5/c1-2-16-10(13)9(8-12)11(14-16)15-6-4-3-5-7-15/h2-7,13H2,1H3. The normalized spacial score (nSPS) is 16.1. The lowest BCUT2D eigenvalue weighted by Crippen LogP contribution is -2.30. The van der Waals surface area contributed by atoms with Gasteiger partial charge in [0.1, 0.15) is 17.5 Å². The van der Waals surface area contributed by atoms with E-state index in [0.717, 1.165) is 18.9 Å². The van der Waals surface area contributed by atoms with Gasteiger partial charge in [-0.1, -0.05) is 0 Å². The number of anilines is 2. The molecule has 0 amide bonds. The summed E-state index contributed by atoms with van der Waals surface area (Å²) in [7, 11) is 0. The highest BCUT2D eigenvalue weighted by Gasteiger charge is 2.21. The Kier molecular flexibility index (Phi) is 3.00. The van der Waals surface area contributed by atoms with Crippen LogP contribution < -0.4 is 10.6 Å². The number of hydrogen-bond acceptors (Lipinski definition) is 4. The van der Waals surface area contributed by atoms with Gasteiger partial charge in [0.05, 0.1) is 0 Å². The van der Waals surface area contributed by atoms with Crippen molar-refractivity contribution in [2.75, 3.05) is 23.7 Å². The van der Waals surface area contributed by atoms with E-state index in [1.165, 1.54) is 19.3 Å². The maximum Gasteiger partial charge on any atom is 0.170 e. The highest BCUT2D eigenvalue weighted by Crippen LogP contribution is 2.26. The number of hydrogen-bond donors (Lipinski definition) is 1. The third-order valence-corrected chi connectivity index (χ3v) is 3.04. The Morgan fingerprint density at radius 1 is 1.38 bits per heavy atom. The molecule has 0 spiro atoms. The van der Waals surface area contributed by atoms with Crippen molar-refractivity contribution in [2.45, 2.75) is 32.7 Å². The Morgan fingerprint density at radius 3 is 2.62 bits per heavy atom. The van der Waals surface area contributed by atoms with Crippen LogP contribution in [-0.2, 0) is 6.54 Å². The number of nitrogens with zero attached hydrogens (tertiary/aromatic N) is 4. The van der Waals surface area contributed by atoms with E-state index >= 15 is 0 Å². The van der Waals surface area contributed by atoms with Crippen molar-refractivity contribution in [3.05, 3.63) is 5.56 Å². The van der Waals surface area contributed by atoms with Crippen molar-refractivity contribution in [1.82, 2.24) is 9.78 Å². The molecule has 2 N–H and O–H groups in total. The largest absolute Gasteiger partial charge is 0.383 e. The summed E-state index contributed by atoms with van der Waals surface area (Å²) in [5, 5.41) is 13.5. The maximum absolute atomic E-state index is 9.13. The fraction of sp³-hybridized carbons (Fsp3) is 0.636. The molecular weight excluding hydrogens is 202 g/mol. The van der Waals surface area contributed by atoms with Crippen molar-refractivity contribution >= 4 is 11.6 Å². The quantitative estimate of drug-likeness (QED) is 0.815. The van der Waals surface area contributed by atoms with E-state index in [1.54, 1.807) is 4.68 Å². The van der Waals surface area contributed by atoms with Gasteiger partial charge < -0.3 is 10.6 Å². The molecule has 2 heterocycles. The molecule has 2 rings (SSSR count). The van der Waals surface area contributed by atoms with Gasteiger partial charge in [0.2, 0.25) is 0 Å². The smallest absolute Gasteiger partial charge is 0.170 e. The highest BCUT2D eigenvalue weighted by atomic mass is 15.4. The minimum absolute atomic E-state index is 0.491. The lowest BCUT2D eigenvalue weighted by atomic mass is 10.1. The molecule has 0 radical (unpaired) electrons. The van der Waals surface area contributed by atoms with Gasteiger partial charge >= 0.3 is 0 Å². The number of piperidine rings is 1. The van der Waals surface area contributed by atoms with Crippen molar-refractivity contribution in [3.8, 4) is 6.07 Å². The average Bonchev–Trinajstić information content (AvgIpc) is 2.66. The highest BCUT2D eigenvalue weighted by molar-refractivity contribution is 5.65. The van der Waals surface area contributed by atoms with Gasteiger partial charge in [-0.05, 0) is 26.2 Å². The molecule has 1 aliphatic rings. The van der Waals surface area contributed by atoms with E-state index in [9.17, 15) is 0 Å². The minimum Gasteiger partial charge on any atom is -0.383 e. The molecule has 0 aromatic carbocycles. The predicted octanol–water partition coefficient (Wildman–Crippen LogP) is 1.35. The Morgan fingerprint density at radius 2 is 2.06 bits per heavy atom. The molecule has 1 aromatic heterocycles. The molecule has 0 bridgehead atoms. The van der Waals surface area contributed by atoms with Gasteiger partial charge in [-0.2, -0.15) is 10.4 Å². The van der Waals surface area contributed by atoms with E-state index in [1.807, 2.05) is 6.92 Å². The Bertz CT molecular complexity index is 409. The number of nitriles is 1. The lowest BCUT2D eigenvalue weighted by Gasteiger charge is -2.26. The number of rotatable bonds is 2. The first-order chi connectivity index (χ1) is 7.77. The summed E-state index contributed by atoms with van der Waals surface area (Å²) in [5.41, 5.74) is 6.41. The first kappa shape index (κ1) is 10.8. The van der Waals surface area contributed by atoms with Crippen LogP contribution in [0, 0.1) is 11.3 Å². The van der Waals surface area contributed by atoms with Crippen LogP contribution >= 0.6 is 0 Å². The van der Waals surface area contributed by atoms with Gasteiger partial charge in [0.25, 0.3) is 0 Å². The molecule has 0 aliphatic carbocycles. The SMILES string of the molecule is CCn1nc(N2CCCCC2)c(C#N)c1N. The summed E-state index contributed by atoms with van der Waals surface area (Å²) in [5.74, 6) is 1.26. The molecule has 1 saturated heterocycles. The van der Waals surface area contributed by atoms with Crippen molar-refractivity contribution < 1.29 is 0 Å². The monoisotopic (exact) mass is 219 g/mol. The number of aryl methyl sites for hydroxylation is 1. The molecule has 0 unspecified atom stereocenters. The van der Waals surface area contributed by atoms with Crippen molar-refractivity contribution in [2.24, 2.45) is 0 Å². The fourth-order valence-electron chi connectivity index (χ4n) is 2.14. The van der Waals surface area contributed by atoms with Crippen LogP contribution in [-0.4, -0.2) is 22.9 Å². The van der Waals surface area contributed by atoms with Crippen molar-refractivity contribution in [1.29, 1.82) is 5.26 Å². The second-order valence-electron chi connectivity index (χ2n) is 4.06. The molecule has 16 heavy (non-hydrogen) atoms. The lowest BCUT2D eigenvalue weighted by molar-refractivity contribution is 0.566. The molecular formula is C11H17N5. The van der Waals surface area contributed by atoms with Gasteiger partial charge in [-0.25, -0.2) is 4.68 Å². The molecule has 1 aromatic rings. The molecule has 5 nitrogen and oxygen atoms in total.